The first kappa shape index (κ1) is 13.6. The lowest BCUT2D eigenvalue weighted by Gasteiger charge is -2.00. The molecule has 0 saturated heterocycles. The number of nitro groups is 1. The monoisotopic (exact) mass is 294 g/mol. The fraction of sp³-hybridized carbons (Fsp3) is 0. The molecule has 0 N–H and O–H groups in total. The number of hydrogen-bond donors (Lipinski definition) is 0. The topological polar surface area (TPSA) is 90.4 Å². The van der Waals surface area contributed by atoms with Crippen molar-refractivity contribution in [3.8, 4) is 0 Å². The van der Waals surface area contributed by atoms with Crippen LogP contribution in [0.15, 0.2) is 64.8 Å². The third-order valence-electron chi connectivity index (χ3n) is 3.06. The molecule has 0 aliphatic heterocycles. The molecule has 108 valence electrons. The molecule has 0 amide bonds. The van der Waals surface area contributed by atoms with Gasteiger partial charge in [0.2, 0.25) is 0 Å². The average molecular weight is 294 g/mol. The van der Waals surface area contributed by atoms with Gasteiger partial charge in [-0.05, 0) is 12.1 Å². The molecule has 7 heteroatoms. The van der Waals surface area contributed by atoms with E-state index in [1.54, 1.807) is 36.4 Å². The summed E-state index contributed by atoms with van der Waals surface area (Å²) in [5, 5.41) is 15.2. The molecule has 3 rings (SSSR count). The SMILES string of the molecule is O=c1c2ccccc2ncn1N=Cc1cccc([N+](=O)[O-])c1. The Morgan fingerprint density at radius 1 is 1.18 bits per heavy atom. The molecule has 0 bridgehead atoms. The molecule has 1 aromatic heterocycles. The van der Waals surface area contributed by atoms with Crippen LogP contribution in [0.5, 0.6) is 0 Å². The van der Waals surface area contributed by atoms with Crippen molar-refractivity contribution < 1.29 is 4.92 Å². The summed E-state index contributed by atoms with van der Waals surface area (Å²) in [5.41, 5.74) is 0.781. The van der Waals surface area contributed by atoms with Crippen LogP contribution in [0.25, 0.3) is 10.9 Å². The molecular weight excluding hydrogens is 284 g/mol. The lowest BCUT2D eigenvalue weighted by Crippen LogP contribution is -2.16. The van der Waals surface area contributed by atoms with Gasteiger partial charge in [-0.25, -0.2) is 4.98 Å². The van der Waals surface area contributed by atoms with Gasteiger partial charge >= 0.3 is 0 Å². The maximum Gasteiger partial charge on any atom is 0.281 e. The minimum Gasteiger partial charge on any atom is -0.267 e. The highest BCUT2D eigenvalue weighted by molar-refractivity contribution is 5.81. The van der Waals surface area contributed by atoms with Crippen molar-refractivity contribution in [2.24, 2.45) is 5.10 Å². The third kappa shape index (κ3) is 2.59. The van der Waals surface area contributed by atoms with Crippen molar-refractivity contribution in [2.75, 3.05) is 0 Å². The van der Waals surface area contributed by atoms with E-state index in [-0.39, 0.29) is 11.2 Å². The van der Waals surface area contributed by atoms with Gasteiger partial charge in [0, 0.05) is 17.7 Å². The van der Waals surface area contributed by atoms with Crippen LogP contribution in [0.3, 0.4) is 0 Å². The summed E-state index contributed by atoms with van der Waals surface area (Å²) in [4.78, 5) is 26.6. The lowest BCUT2D eigenvalue weighted by molar-refractivity contribution is -0.384. The van der Waals surface area contributed by atoms with E-state index in [0.29, 0.717) is 16.5 Å². The maximum absolute atomic E-state index is 12.2. The second kappa shape index (κ2) is 5.57. The van der Waals surface area contributed by atoms with Gasteiger partial charge in [-0.1, -0.05) is 24.3 Å². The number of hydrogen-bond acceptors (Lipinski definition) is 5. The number of nitrogens with zero attached hydrogens (tertiary/aromatic N) is 4. The Morgan fingerprint density at radius 3 is 2.82 bits per heavy atom. The van der Waals surface area contributed by atoms with Crippen LogP contribution in [0, 0.1) is 10.1 Å². The third-order valence-corrected chi connectivity index (χ3v) is 3.06. The first-order valence-corrected chi connectivity index (χ1v) is 6.40. The quantitative estimate of drug-likeness (QED) is 0.420. The van der Waals surface area contributed by atoms with Gasteiger partial charge in [0.05, 0.1) is 22.0 Å². The molecule has 0 aliphatic carbocycles. The van der Waals surface area contributed by atoms with E-state index in [1.807, 2.05) is 0 Å². The molecule has 0 aliphatic rings. The molecule has 22 heavy (non-hydrogen) atoms. The van der Waals surface area contributed by atoms with Crippen molar-refractivity contribution in [1.29, 1.82) is 0 Å². The molecule has 2 aromatic carbocycles. The highest BCUT2D eigenvalue weighted by Crippen LogP contribution is 2.11. The molecule has 0 saturated carbocycles. The van der Waals surface area contributed by atoms with Crippen LogP contribution in [0.2, 0.25) is 0 Å². The van der Waals surface area contributed by atoms with Gasteiger partial charge in [-0.2, -0.15) is 9.78 Å². The number of nitro benzene ring substituents is 1. The van der Waals surface area contributed by atoms with Gasteiger partial charge in [0.25, 0.3) is 11.2 Å². The van der Waals surface area contributed by atoms with Crippen molar-refractivity contribution >= 4 is 22.8 Å². The Morgan fingerprint density at radius 2 is 2.00 bits per heavy atom. The average Bonchev–Trinajstić information content (AvgIpc) is 2.55. The summed E-state index contributed by atoms with van der Waals surface area (Å²) in [6, 6.07) is 12.9. The zero-order valence-electron chi connectivity index (χ0n) is 11.3. The van der Waals surface area contributed by atoms with E-state index in [0.717, 1.165) is 4.68 Å². The zero-order chi connectivity index (χ0) is 15.5. The predicted octanol–water partition coefficient (Wildman–Crippen LogP) is 2.19. The van der Waals surface area contributed by atoms with Gasteiger partial charge in [-0.15, -0.1) is 0 Å². The molecule has 0 radical (unpaired) electrons. The predicted molar refractivity (Wildman–Crippen MR) is 82.1 cm³/mol. The molecule has 0 fully saturated rings. The molecule has 1 heterocycles. The van der Waals surface area contributed by atoms with E-state index in [2.05, 4.69) is 10.1 Å². The molecular formula is C15H10N4O3. The van der Waals surface area contributed by atoms with Crippen LogP contribution >= 0.6 is 0 Å². The van der Waals surface area contributed by atoms with E-state index in [1.165, 1.54) is 24.7 Å². The summed E-state index contributed by atoms with van der Waals surface area (Å²) in [7, 11) is 0. The molecule has 7 nitrogen and oxygen atoms in total. The number of aromatic nitrogens is 2. The molecule has 0 spiro atoms. The zero-order valence-corrected chi connectivity index (χ0v) is 11.3. The minimum atomic E-state index is -0.485. The first-order chi connectivity index (χ1) is 10.6. The summed E-state index contributed by atoms with van der Waals surface area (Å²) in [6.07, 6.45) is 2.70. The van der Waals surface area contributed by atoms with E-state index >= 15 is 0 Å². The standard InChI is InChI=1S/C15H10N4O3/c20-15-13-6-1-2-7-14(13)16-10-18(15)17-9-11-4-3-5-12(8-11)19(21)22/h1-10H. The van der Waals surface area contributed by atoms with Crippen LogP contribution in [-0.2, 0) is 0 Å². The van der Waals surface area contributed by atoms with Gasteiger partial charge in [-0.3, -0.25) is 14.9 Å². The Hall–Kier alpha value is -3.35. The summed E-state index contributed by atoms with van der Waals surface area (Å²) >= 11 is 0. The Kier molecular flexibility index (Phi) is 3.45. The minimum absolute atomic E-state index is 0.0343. The molecule has 0 atom stereocenters. The van der Waals surface area contributed by atoms with Crippen molar-refractivity contribution in [2.45, 2.75) is 0 Å². The van der Waals surface area contributed by atoms with Crippen molar-refractivity contribution in [3.05, 3.63) is 80.9 Å². The van der Waals surface area contributed by atoms with Crippen molar-refractivity contribution in [3.63, 3.8) is 0 Å². The highest BCUT2D eigenvalue weighted by atomic mass is 16.6. The molecule has 3 aromatic rings. The Bertz CT molecular complexity index is 947. The Balaban J connectivity index is 1.99. The van der Waals surface area contributed by atoms with E-state index in [4.69, 9.17) is 0 Å². The van der Waals surface area contributed by atoms with Crippen LogP contribution in [0.4, 0.5) is 5.69 Å². The number of para-hydroxylation sites is 1. The smallest absolute Gasteiger partial charge is 0.267 e. The summed E-state index contributed by atoms with van der Waals surface area (Å²) in [6.45, 7) is 0. The second-order valence-electron chi connectivity index (χ2n) is 4.51. The van der Waals surface area contributed by atoms with Gasteiger partial charge < -0.3 is 0 Å². The van der Waals surface area contributed by atoms with Gasteiger partial charge in [0.15, 0.2) is 0 Å². The summed E-state index contributed by atoms with van der Waals surface area (Å²) in [5.74, 6) is 0. The van der Waals surface area contributed by atoms with E-state index < -0.39 is 4.92 Å². The molecule has 0 unspecified atom stereocenters. The number of benzene rings is 2. The number of rotatable bonds is 3. The van der Waals surface area contributed by atoms with Crippen LogP contribution < -0.4 is 5.56 Å². The summed E-state index contributed by atoms with van der Waals surface area (Å²) < 4.78 is 1.10. The highest BCUT2D eigenvalue weighted by Gasteiger charge is 2.05. The normalized spacial score (nSPS) is 11.1. The fourth-order valence-electron chi connectivity index (χ4n) is 1.99. The second-order valence-corrected chi connectivity index (χ2v) is 4.51. The van der Waals surface area contributed by atoms with E-state index in [9.17, 15) is 14.9 Å². The Labute approximate surface area is 124 Å². The first-order valence-electron chi connectivity index (χ1n) is 6.40. The van der Waals surface area contributed by atoms with Gasteiger partial charge in [0.1, 0.15) is 6.33 Å². The van der Waals surface area contributed by atoms with Crippen molar-refractivity contribution in [1.82, 2.24) is 9.66 Å². The van der Waals surface area contributed by atoms with Crippen LogP contribution in [-0.4, -0.2) is 20.8 Å². The lowest BCUT2D eigenvalue weighted by atomic mass is 10.2. The fourth-order valence-corrected chi connectivity index (χ4v) is 1.99. The maximum atomic E-state index is 12.2. The number of non-ortho nitro benzene ring substituents is 1. The number of fused-ring (bicyclic) bond motifs is 1. The van der Waals surface area contributed by atoms with Crippen LogP contribution in [0.1, 0.15) is 5.56 Å². The largest absolute Gasteiger partial charge is 0.281 e.